The van der Waals surface area contributed by atoms with Crippen molar-refractivity contribution in [3.63, 3.8) is 0 Å². The van der Waals surface area contributed by atoms with Crippen molar-refractivity contribution in [2.45, 2.75) is 6.92 Å². The van der Waals surface area contributed by atoms with Crippen LogP contribution in [0.25, 0.3) is 11.3 Å². The summed E-state index contributed by atoms with van der Waals surface area (Å²) in [5.41, 5.74) is 2.31. The number of nitrogens with zero attached hydrogens (tertiary/aromatic N) is 3. The average Bonchev–Trinajstić information content (AvgIpc) is 2.33. The normalized spacial score (nSPS) is 10.5. The first kappa shape index (κ1) is 5.34. The van der Waals surface area contributed by atoms with Crippen LogP contribution >= 0.6 is 0 Å². The minimum Gasteiger partial charge on any atom is -0.328 e. The second-order valence-electron chi connectivity index (χ2n) is 2.09. The molecule has 10 heavy (non-hydrogen) atoms. The molecule has 0 radical (unpaired) electrons. The Morgan fingerprint density at radius 2 is 2.30 bits per heavy atom. The van der Waals surface area contributed by atoms with Crippen LogP contribution in [0.3, 0.4) is 0 Å². The highest BCUT2D eigenvalue weighted by molar-refractivity contribution is 5.63. The minimum atomic E-state index is 0.681. The van der Waals surface area contributed by atoms with Crippen LogP contribution in [0.2, 0.25) is 0 Å². The van der Waals surface area contributed by atoms with Crippen molar-refractivity contribution < 1.29 is 0 Å². The van der Waals surface area contributed by atoms with Crippen LogP contribution in [0, 0.1) is 6.92 Å². The molecule has 2 heterocycles. The first-order chi connectivity index (χ1) is 4.86. The lowest BCUT2D eigenvalue weighted by Gasteiger charge is -1.87. The average molecular weight is 134 g/mol. The Morgan fingerprint density at radius 3 is 3.20 bits per heavy atom. The molecule has 2 aromatic heterocycles. The Balaban J connectivity index is 2.86. The van der Waals surface area contributed by atoms with Gasteiger partial charge in [0.05, 0.1) is 18.2 Å². The van der Waals surface area contributed by atoms with Crippen LogP contribution in [-0.4, -0.2) is 19.9 Å². The van der Waals surface area contributed by atoms with Crippen LogP contribution in [0.15, 0.2) is 12.5 Å². The zero-order chi connectivity index (χ0) is 6.97. The Morgan fingerprint density at radius 1 is 1.40 bits per heavy atom. The molecular weight excluding hydrogens is 128 g/mol. The summed E-state index contributed by atoms with van der Waals surface area (Å²) >= 11 is 0. The molecule has 0 spiro atoms. The fourth-order valence-electron chi connectivity index (χ4n) is 0.811. The Hall–Kier alpha value is -1.45. The summed E-state index contributed by atoms with van der Waals surface area (Å²) in [5.74, 6) is 0. The maximum absolute atomic E-state index is 4.13. The van der Waals surface area contributed by atoms with E-state index in [4.69, 9.17) is 0 Å². The number of rotatable bonds is 0. The molecule has 0 aliphatic heterocycles. The summed E-state index contributed by atoms with van der Waals surface area (Å²) in [4.78, 5) is 15.0. The molecule has 1 N–H and O–H groups in total. The van der Waals surface area contributed by atoms with E-state index in [-0.39, 0.29) is 0 Å². The van der Waals surface area contributed by atoms with Gasteiger partial charge in [0.15, 0.2) is 11.3 Å². The topological polar surface area (TPSA) is 54.5 Å². The molecule has 50 valence electrons. The van der Waals surface area contributed by atoms with Crippen molar-refractivity contribution >= 4 is 11.3 Å². The van der Waals surface area contributed by atoms with Crippen molar-refractivity contribution in [1.29, 1.82) is 0 Å². The van der Waals surface area contributed by atoms with Gasteiger partial charge in [-0.1, -0.05) is 0 Å². The number of nitrogens with one attached hydrogen (secondary N) is 1. The number of aryl methyl sites for hydroxylation is 1. The van der Waals surface area contributed by atoms with E-state index in [1.54, 1.807) is 12.5 Å². The van der Waals surface area contributed by atoms with E-state index in [9.17, 15) is 0 Å². The summed E-state index contributed by atoms with van der Waals surface area (Å²) in [5, 5.41) is 0. The molecule has 0 fully saturated rings. The van der Waals surface area contributed by atoms with Crippen molar-refractivity contribution in [1.82, 2.24) is 19.9 Å². The van der Waals surface area contributed by atoms with Crippen molar-refractivity contribution in [3.8, 4) is 0 Å². The number of hydrogen-bond donors (Lipinski definition) is 1. The van der Waals surface area contributed by atoms with E-state index in [0.29, 0.717) is 5.65 Å². The number of aromatic amines is 1. The maximum atomic E-state index is 4.13. The fraction of sp³-hybridized carbons (Fsp3) is 0.167. The smallest absolute Gasteiger partial charge is 0.197 e. The molecule has 0 aliphatic carbocycles. The van der Waals surface area contributed by atoms with E-state index in [1.165, 1.54) is 0 Å². The van der Waals surface area contributed by atoms with E-state index in [0.717, 1.165) is 11.3 Å². The molecule has 2 rings (SSSR count). The number of H-pyrrole nitrogens is 1. The first-order valence-corrected chi connectivity index (χ1v) is 2.99. The molecule has 0 aromatic carbocycles. The quantitative estimate of drug-likeness (QED) is 0.575. The predicted octanol–water partition coefficient (Wildman–Crippen LogP) is 0.661. The lowest BCUT2D eigenvalue weighted by atomic mass is 10.5. The number of aromatic nitrogens is 4. The van der Waals surface area contributed by atoms with Crippen LogP contribution in [0.5, 0.6) is 0 Å². The van der Waals surface area contributed by atoms with Crippen molar-refractivity contribution in [2.75, 3.05) is 0 Å². The van der Waals surface area contributed by atoms with E-state index in [1.807, 2.05) is 6.92 Å². The van der Waals surface area contributed by atoms with Gasteiger partial charge >= 0.3 is 0 Å². The van der Waals surface area contributed by atoms with Crippen molar-refractivity contribution in [2.24, 2.45) is 0 Å². The Bertz CT molecular complexity index is 351. The Labute approximate surface area is 57.3 Å². The highest BCUT2D eigenvalue weighted by Crippen LogP contribution is 2.00. The summed E-state index contributed by atoms with van der Waals surface area (Å²) < 4.78 is 0. The standard InChI is InChI=1S/C6H6N4/c1-4-2-7-5-6(10-4)9-3-8-5/h2-3H,1H3,(H,7,8,9,10). The van der Waals surface area contributed by atoms with Gasteiger partial charge in [-0.2, -0.15) is 0 Å². The molecule has 0 bridgehead atoms. The van der Waals surface area contributed by atoms with Crippen LogP contribution in [0.1, 0.15) is 5.69 Å². The fourth-order valence-corrected chi connectivity index (χ4v) is 0.811. The van der Waals surface area contributed by atoms with Gasteiger partial charge in [0, 0.05) is 0 Å². The van der Waals surface area contributed by atoms with Gasteiger partial charge in [-0.3, -0.25) is 0 Å². The van der Waals surface area contributed by atoms with Crippen LogP contribution in [-0.2, 0) is 0 Å². The summed E-state index contributed by atoms with van der Waals surface area (Å²) in [6.45, 7) is 1.89. The molecule has 0 saturated heterocycles. The highest BCUT2D eigenvalue weighted by atomic mass is 15.0. The van der Waals surface area contributed by atoms with E-state index >= 15 is 0 Å². The SMILES string of the molecule is Cc1cnc2[nH]cnc2n1. The number of hydrogen-bond acceptors (Lipinski definition) is 3. The van der Waals surface area contributed by atoms with Crippen molar-refractivity contribution in [3.05, 3.63) is 18.2 Å². The van der Waals surface area contributed by atoms with Crippen LogP contribution < -0.4 is 0 Å². The highest BCUT2D eigenvalue weighted by Gasteiger charge is 1.95. The first-order valence-electron chi connectivity index (χ1n) is 2.99. The van der Waals surface area contributed by atoms with Gasteiger partial charge in [-0.05, 0) is 6.92 Å². The van der Waals surface area contributed by atoms with Gasteiger partial charge in [0.25, 0.3) is 0 Å². The predicted molar refractivity (Wildman–Crippen MR) is 36.4 cm³/mol. The molecule has 4 nitrogen and oxygen atoms in total. The maximum Gasteiger partial charge on any atom is 0.197 e. The molecule has 0 unspecified atom stereocenters. The summed E-state index contributed by atoms with van der Waals surface area (Å²) in [7, 11) is 0. The zero-order valence-corrected chi connectivity index (χ0v) is 5.50. The molecular formula is C6H6N4. The lowest BCUT2D eigenvalue weighted by Crippen LogP contribution is -1.84. The van der Waals surface area contributed by atoms with Gasteiger partial charge < -0.3 is 4.98 Å². The molecule has 2 aromatic rings. The molecule has 4 heteroatoms. The third-order valence-corrected chi connectivity index (χ3v) is 1.26. The molecule has 0 aliphatic rings. The lowest BCUT2D eigenvalue weighted by molar-refractivity contribution is 1.16. The molecule has 0 atom stereocenters. The second-order valence-corrected chi connectivity index (χ2v) is 2.09. The van der Waals surface area contributed by atoms with Crippen LogP contribution in [0.4, 0.5) is 0 Å². The van der Waals surface area contributed by atoms with Gasteiger partial charge in [-0.15, -0.1) is 0 Å². The zero-order valence-electron chi connectivity index (χ0n) is 5.50. The summed E-state index contributed by atoms with van der Waals surface area (Å²) in [6.07, 6.45) is 3.30. The van der Waals surface area contributed by atoms with E-state index < -0.39 is 0 Å². The molecule has 0 amide bonds. The van der Waals surface area contributed by atoms with Gasteiger partial charge in [0.2, 0.25) is 0 Å². The Kier molecular flexibility index (Phi) is 0.943. The monoisotopic (exact) mass is 134 g/mol. The van der Waals surface area contributed by atoms with Gasteiger partial charge in [-0.25, -0.2) is 15.0 Å². The number of fused-ring (bicyclic) bond motifs is 1. The largest absolute Gasteiger partial charge is 0.328 e. The number of imidazole rings is 1. The third-order valence-electron chi connectivity index (χ3n) is 1.26. The molecule has 0 saturated carbocycles. The third kappa shape index (κ3) is 0.655. The minimum absolute atomic E-state index is 0.681. The van der Waals surface area contributed by atoms with E-state index in [2.05, 4.69) is 19.9 Å². The second kappa shape index (κ2) is 1.76. The van der Waals surface area contributed by atoms with Gasteiger partial charge in [0.1, 0.15) is 0 Å². The summed E-state index contributed by atoms with van der Waals surface area (Å²) in [6, 6.07) is 0.